The number of nitrogens with zero attached hydrogens (tertiary/aromatic N) is 1. The van der Waals surface area contributed by atoms with Gasteiger partial charge in [-0.3, -0.25) is 13.8 Å². The highest BCUT2D eigenvalue weighted by Crippen LogP contribution is 2.34. The third kappa shape index (κ3) is 5.69. The van der Waals surface area contributed by atoms with Crippen molar-refractivity contribution in [1.82, 2.24) is 14.3 Å². The smallest absolute Gasteiger partial charge is 0.326 e. The Morgan fingerprint density at radius 1 is 1.25 bits per heavy atom. The van der Waals surface area contributed by atoms with Gasteiger partial charge in [0.05, 0.1) is 33.6 Å². The third-order valence-corrected chi connectivity index (χ3v) is 8.09. The number of amides is 1. The van der Waals surface area contributed by atoms with E-state index in [4.69, 9.17) is 11.6 Å². The van der Waals surface area contributed by atoms with Crippen molar-refractivity contribution >= 4 is 67.3 Å². The Bertz CT molecular complexity index is 1450. The fourth-order valence-corrected chi connectivity index (χ4v) is 5.97. The Morgan fingerprint density at radius 3 is 2.75 bits per heavy atom. The summed E-state index contributed by atoms with van der Waals surface area (Å²) in [5.41, 5.74) is 0.590. The number of allylic oxidation sites excluding steroid dienone is 2. The maximum atomic E-state index is 13.5. The second-order valence-electron chi connectivity index (χ2n) is 7.55. The van der Waals surface area contributed by atoms with Gasteiger partial charge in [0.15, 0.2) is 0 Å². The van der Waals surface area contributed by atoms with Crippen molar-refractivity contribution in [1.29, 1.82) is 0 Å². The Hall–Kier alpha value is -3.00. The van der Waals surface area contributed by atoms with Crippen molar-refractivity contribution in [2.75, 3.05) is 4.72 Å². The number of carbonyl (C=O) groups is 2. The number of aliphatic carboxylic acids is 1. The van der Waals surface area contributed by atoms with E-state index < -0.39 is 33.8 Å². The lowest BCUT2D eigenvalue weighted by Crippen LogP contribution is -2.42. The Kier molecular flexibility index (Phi) is 7.64. The number of benzene rings is 2. The average molecular weight is 616 g/mol. The predicted octanol–water partition coefficient (Wildman–Crippen LogP) is 4.13. The summed E-state index contributed by atoms with van der Waals surface area (Å²) in [5.74, 6) is -2.67. The first-order valence-electron chi connectivity index (χ1n) is 10.2. The van der Waals surface area contributed by atoms with E-state index in [2.05, 4.69) is 30.7 Å². The highest BCUT2D eigenvalue weighted by Gasteiger charge is 2.31. The van der Waals surface area contributed by atoms with Crippen LogP contribution in [0.1, 0.15) is 15.9 Å². The maximum Gasteiger partial charge on any atom is 0.326 e. The molecule has 1 atom stereocenters. The van der Waals surface area contributed by atoms with Crippen LogP contribution in [0, 0.1) is 5.82 Å². The fraction of sp³-hybridized carbons (Fsp3) is 0.0909. The number of halogens is 3. The van der Waals surface area contributed by atoms with Gasteiger partial charge in [-0.25, -0.2) is 17.6 Å². The minimum atomic E-state index is -4.16. The largest absolute Gasteiger partial charge is 0.480 e. The molecule has 0 saturated heterocycles. The molecule has 0 unspecified atom stereocenters. The van der Waals surface area contributed by atoms with Crippen LogP contribution < -0.4 is 14.8 Å². The molecule has 2 aromatic rings. The van der Waals surface area contributed by atoms with Gasteiger partial charge in [-0.05, 0) is 64.0 Å². The van der Waals surface area contributed by atoms with Crippen molar-refractivity contribution < 1.29 is 27.5 Å². The number of carboxylic acids is 1. The molecule has 2 heterocycles. The molecule has 14 heteroatoms. The summed E-state index contributed by atoms with van der Waals surface area (Å²) in [7, 11) is -4.16. The molecular weight excluding hydrogens is 599 g/mol. The number of hydrogen-bond acceptors (Lipinski definition) is 7. The molecule has 2 aliphatic heterocycles. The van der Waals surface area contributed by atoms with Crippen LogP contribution in [0.4, 0.5) is 10.1 Å². The quantitative estimate of drug-likeness (QED) is 0.327. The minimum Gasteiger partial charge on any atom is -0.480 e. The van der Waals surface area contributed by atoms with Crippen LogP contribution in [0.5, 0.6) is 0 Å². The normalized spacial score (nSPS) is 15.4. The van der Waals surface area contributed by atoms with Crippen LogP contribution in [-0.4, -0.2) is 35.7 Å². The number of rotatable bonds is 8. The number of hydrogen-bond donors (Lipinski definition) is 4. The van der Waals surface area contributed by atoms with Gasteiger partial charge in [0.25, 0.3) is 15.9 Å². The number of sulfonamides is 1. The van der Waals surface area contributed by atoms with E-state index in [1.165, 1.54) is 60.8 Å². The van der Waals surface area contributed by atoms with Crippen molar-refractivity contribution in [3.05, 3.63) is 98.0 Å². The van der Waals surface area contributed by atoms with Gasteiger partial charge in [0.1, 0.15) is 16.8 Å². The minimum absolute atomic E-state index is 0.0425. The van der Waals surface area contributed by atoms with Gasteiger partial charge >= 0.3 is 5.97 Å². The summed E-state index contributed by atoms with van der Waals surface area (Å²) in [6.07, 6.45) is 6.03. The van der Waals surface area contributed by atoms with Crippen molar-refractivity contribution in [2.24, 2.45) is 0 Å². The Morgan fingerprint density at radius 2 is 2.03 bits per heavy atom. The zero-order chi connectivity index (χ0) is 26.0. The molecule has 0 spiro atoms. The zero-order valence-electron chi connectivity index (χ0n) is 18.0. The van der Waals surface area contributed by atoms with Crippen molar-refractivity contribution in [3.63, 3.8) is 0 Å². The maximum absolute atomic E-state index is 13.5. The van der Waals surface area contributed by atoms with Gasteiger partial charge in [-0.1, -0.05) is 17.7 Å². The monoisotopic (exact) mass is 614 g/mol. The predicted molar refractivity (Wildman–Crippen MR) is 139 cm³/mol. The highest BCUT2D eigenvalue weighted by atomic mass is 79.9. The van der Waals surface area contributed by atoms with E-state index in [0.29, 0.717) is 11.3 Å². The lowest BCUT2D eigenvalue weighted by Gasteiger charge is -2.21. The lowest BCUT2D eigenvalue weighted by atomic mass is 10.0. The summed E-state index contributed by atoms with van der Waals surface area (Å²) in [6, 6.07) is 6.55. The average Bonchev–Trinajstić information content (AvgIpc) is 3.29. The van der Waals surface area contributed by atoms with Gasteiger partial charge in [0, 0.05) is 23.8 Å². The Balaban J connectivity index is 1.59. The first-order chi connectivity index (χ1) is 17.0. The van der Waals surface area contributed by atoms with E-state index >= 15 is 0 Å². The van der Waals surface area contributed by atoms with Crippen LogP contribution in [0.25, 0.3) is 0 Å². The molecule has 0 saturated carbocycles. The second-order valence-corrected chi connectivity index (χ2v) is 11.3. The van der Waals surface area contributed by atoms with Crippen LogP contribution in [0.3, 0.4) is 0 Å². The third-order valence-electron chi connectivity index (χ3n) is 5.09. The summed E-state index contributed by atoms with van der Waals surface area (Å²) in [5, 5.41) is 12.2. The van der Waals surface area contributed by atoms with Crippen LogP contribution in [-0.2, 0) is 21.2 Å². The molecule has 188 valence electrons. The number of carbonyl (C=O) groups excluding carboxylic acids is 1. The molecule has 36 heavy (non-hydrogen) atoms. The van der Waals surface area contributed by atoms with Gasteiger partial charge in [0.2, 0.25) is 0 Å². The highest BCUT2D eigenvalue weighted by molar-refractivity contribution is 9.10. The molecule has 2 aliphatic rings. The Labute approximate surface area is 223 Å². The summed E-state index contributed by atoms with van der Waals surface area (Å²) >= 11 is 10.3. The van der Waals surface area contributed by atoms with E-state index in [1.807, 2.05) is 0 Å². The first kappa shape index (κ1) is 26.1. The van der Waals surface area contributed by atoms with E-state index in [-0.39, 0.29) is 32.1 Å². The number of fused-ring (bicyclic) bond motifs is 1. The molecule has 0 aromatic heterocycles. The summed E-state index contributed by atoms with van der Waals surface area (Å²) < 4.78 is 46.9. The molecule has 9 nitrogen and oxygen atoms in total. The summed E-state index contributed by atoms with van der Waals surface area (Å²) in [4.78, 5) is 24.9. The molecule has 0 aliphatic carbocycles. The standard InChI is InChI=1S/C22H17BrClFN4O5S2/c23-15-8-12(3-6-16(15)25)9-18(22(31)32)27-21(30)14-5-4-13(24)10-17(14)28-36(33,34)20-2-1-7-29-19(20)11-26-35-29/h1-8,10-11,18,26,28H,9H2,(H,27,30)(H,31,32)/t18-/m0/s1. The lowest BCUT2D eigenvalue weighted by molar-refractivity contribution is -0.139. The molecule has 1 amide bonds. The van der Waals surface area contributed by atoms with Crippen molar-refractivity contribution in [3.8, 4) is 0 Å². The molecule has 4 N–H and O–H groups in total. The summed E-state index contributed by atoms with van der Waals surface area (Å²) in [6.45, 7) is 0. The molecule has 0 radical (unpaired) electrons. The van der Waals surface area contributed by atoms with Gasteiger partial charge in [-0.2, -0.15) is 0 Å². The van der Waals surface area contributed by atoms with Crippen LogP contribution in [0.2, 0.25) is 5.02 Å². The topological polar surface area (TPSA) is 128 Å². The van der Waals surface area contributed by atoms with Crippen LogP contribution >= 0.6 is 39.7 Å². The van der Waals surface area contributed by atoms with Crippen LogP contribution in [0.15, 0.2) is 76.0 Å². The molecule has 4 rings (SSSR count). The first-order valence-corrected chi connectivity index (χ1v) is 13.6. The van der Waals surface area contributed by atoms with E-state index in [1.54, 1.807) is 16.6 Å². The van der Waals surface area contributed by atoms with Crippen molar-refractivity contribution in [2.45, 2.75) is 12.5 Å². The molecular formula is C22H17BrClFN4O5S2. The zero-order valence-corrected chi connectivity index (χ0v) is 22.0. The number of nitrogens with one attached hydrogen (secondary N) is 3. The van der Waals surface area contributed by atoms with Gasteiger partial charge in [-0.15, -0.1) is 0 Å². The SMILES string of the molecule is O=C(N[C@@H](Cc1ccc(F)c(Br)c1)C(=O)O)c1ccc(Cl)cc1NS(=O)(=O)C1=CC=CN2SNC=C12. The molecule has 2 aromatic carbocycles. The fourth-order valence-electron chi connectivity index (χ4n) is 3.40. The second kappa shape index (κ2) is 10.5. The number of anilines is 1. The van der Waals surface area contributed by atoms with E-state index in [0.717, 1.165) is 0 Å². The van der Waals surface area contributed by atoms with Gasteiger partial charge < -0.3 is 15.1 Å². The molecule has 0 fully saturated rings. The van der Waals surface area contributed by atoms with E-state index in [9.17, 15) is 27.5 Å². The number of carboxylic acid groups (broad SMARTS) is 1. The molecule has 0 bridgehead atoms.